The highest BCUT2D eigenvalue weighted by Gasteiger charge is 2.16. The summed E-state index contributed by atoms with van der Waals surface area (Å²) >= 11 is 5.91. The lowest BCUT2D eigenvalue weighted by Gasteiger charge is -2.12. The van der Waals surface area contributed by atoms with Gasteiger partial charge in [0.15, 0.2) is 0 Å². The van der Waals surface area contributed by atoms with E-state index in [0.29, 0.717) is 16.4 Å². The van der Waals surface area contributed by atoms with E-state index in [-0.39, 0.29) is 23.9 Å². The second-order valence-electron chi connectivity index (χ2n) is 7.10. The quantitative estimate of drug-likeness (QED) is 0.500. The van der Waals surface area contributed by atoms with Crippen molar-refractivity contribution < 1.29 is 9.32 Å². The lowest BCUT2D eigenvalue weighted by Crippen LogP contribution is -2.28. The SMILES string of the molecule is Cc1cccc(C)c1NC(=O)Cn1cccc(-c2nc(-c3ccc(Cl)cc3)no2)c1=O. The summed E-state index contributed by atoms with van der Waals surface area (Å²) in [5.41, 5.74) is 3.19. The molecule has 0 unspecified atom stereocenters. The lowest BCUT2D eigenvalue weighted by atomic mass is 10.1. The molecule has 0 fully saturated rings. The van der Waals surface area contributed by atoms with E-state index < -0.39 is 5.56 Å². The number of carbonyl (C=O) groups is 1. The topological polar surface area (TPSA) is 90.0 Å². The molecular formula is C23H19ClN4O3. The summed E-state index contributed by atoms with van der Waals surface area (Å²) in [6.45, 7) is 3.70. The summed E-state index contributed by atoms with van der Waals surface area (Å²) in [5.74, 6) is 0.123. The normalized spacial score (nSPS) is 10.8. The molecule has 7 nitrogen and oxygen atoms in total. The maximum absolute atomic E-state index is 12.9. The highest BCUT2D eigenvalue weighted by Crippen LogP contribution is 2.22. The number of nitrogens with zero attached hydrogens (tertiary/aromatic N) is 3. The van der Waals surface area contributed by atoms with E-state index in [1.165, 1.54) is 4.57 Å². The summed E-state index contributed by atoms with van der Waals surface area (Å²) < 4.78 is 6.61. The number of rotatable bonds is 5. The van der Waals surface area contributed by atoms with Crippen LogP contribution in [0.15, 0.2) is 70.1 Å². The molecule has 2 heterocycles. The average molecular weight is 435 g/mol. The van der Waals surface area contributed by atoms with Crippen LogP contribution in [0.5, 0.6) is 0 Å². The van der Waals surface area contributed by atoms with Crippen molar-refractivity contribution >= 4 is 23.2 Å². The molecule has 0 spiro atoms. The van der Waals surface area contributed by atoms with Crippen LogP contribution in [-0.2, 0) is 11.3 Å². The van der Waals surface area contributed by atoms with Gasteiger partial charge in [0.2, 0.25) is 11.7 Å². The highest BCUT2D eigenvalue weighted by atomic mass is 35.5. The minimum atomic E-state index is -0.398. The first-order chi connectivity index (χ1) is 14.9. The van der Waals surface area contributed by atoms with Gasteiger partial charge in [-0.15, -0.1) is 0 Å². The summed E-state index contributed by atoms with van der Waals surface area (Å²) in [4.78, 5) is 29.8. The summed E-state index contributed by atoms with van der Waals surface area (Å²) in [6.07, 6.45) is 1.55. The highest BCUT2D eigenvalue weighted by molar-refractivity contribution is 6.30. The van der Waals surface area contributed by atoms with E-state index >= 15 is 0 Å². The van der Waals surface area contributed by atoms with Crippen molar-refractivity contribution in [3.63, 3.8) is 0 Å². The van der Waals surface area contributed by atoms with E-state index in [2.05, 4.69) is 15.5 Å². The molecule has 31 heavy (non-hydrogen) atoms. The second kappa shape index (κ2) is 8.57. The summed E-state index contributed by atoms with van der Waals surface area (Å²) in [6, 6.07) is 16.0. The number of carbonyl (C=O) groups excluding carboxylic acids is 1. The number of hydrogen-bond acceptors (Lipinski definition) is 5. The molecule has 1 N–H and O–H groups in total. The van der Waals surface area contributed by atoms with Gasteiger partial charge in [-0.05, 0) is 61.4 Å². The summed E-state index contributed by atoms with van der Waals surface area (Å²) in [7, 11) is 0. The molecule has 156 valence electrons. The Balaban J connectivity index is 1.57. The third kappa shape index (κ3) is 4.41. The van der Waals surface area contributed by atoms with Crippen molar-refractivity contribution in [2.24, 2.45) is 0 Å². The number of aryl methyl sites for hydroxylation is 2. The predicted molar refractivity (Wildman–Crippen MR) is 119 cm³/mol. The Bertz CT molecular complexity index is 1290. The fraction of sp³-hybridized carbons (Fsp3) is 0.130. The molecule has 0 aliphatic heterocycles. The maximum Gasteiger partial charge on any atom is 0.263 e. The number of aromatic nitrogens is 3. The smallest absolute Gasteiger partial charge is 0.263 e. The number of anilines is 1. The fourth-order valence-corrected chi connectivity index (χ4v) is 3.34. The van der Waals surface area contributed by atoms with Gasteiger partial charge in [-0.1, -0.05) is 35.0 Å². The monoisotopic (exact) mass is 434 g/mol. The Kier molecular flexibility index (Phi) is 5.68. The molecule has 0 aliphatic carbocycles. The van der Waals surface area contributed by atoms with Crippen molar-refractivity contribution in [1.29, 1.82) is 0 Å². The van der Waals surface area contributed by atoms with Crippen LogP contribution < -0.4 is 10.9 Å². The van der Waals surface area contributed by atoms with Crippen LogP contribution in [0.1, 0.15) is 11.1 Å². The van der Waals surface area contributed by atoms with Gasteiger partial charge < -0.3 is 14.4 Å². The van der Waals surface area contributed by atoms with Gasteiger partial charge in [0.1, 0.15) is 12.1 Å². The van der Waals surface area contributed by atoms with E-state index in [0.717, 1.165) is 16.8 Å². The molecule has 2 aromatic carbocycles. The van der Waals surface area contributed by atoms with Crippen LogP contribution in [0.2, 0.25) is 5.02 Å². The molecule has 0 aliphatic rings. The molecule has 1 amide bonds. The number of hydrogen-bond donors (Lipinski definition) is 1. The predicted octanol–water partition coefficient (Wildman–Crippen LogP) is 4.47. The largest absolute Gasteiger partial charge is 0.333 e. The molecule has 0 saturated heterocycles. The Morgan fingerprint density at radius 2 is 1.77 bits per heavy atom. The van der Waals surface area contributed by atoms with Gasteiger partial charge in [-0.2, -0.15) is 4.98 Å². The number of para-hydroxylation sites is 1. The van der Waals surface area contributed by atoms with E-state index in [4.69, 9.17) is 16.1 Å². The molecule has 4 rings (SSSR count). The zero-order valence-corrected chi connectivity index (χ0v) is 17.7. The van der Waals surface area contributed by atoms with Gasteiger partial charge in [0.25, 0.3) is 11.4 Å². The lowest BCUT2D eigenvalue weighted by molar-refractivity contribution is -0.116. The first kappa shape index (κ1) is 20.6. The second-order valence-corrected chi connectivity index (χ2v) is 7.54. The number of halogens is 1. The Hall–Kier alpha value is -3.71. The van der Waals surface area contributed by atoms with E-state index in [1.54, 1.807) is 42.6 Å². The van der Waals surface area contributed by atoms with Crippen molar-refractivity contribution in [2.75, 3.05) is 5.32 Å². The van der Waals surface area contributed by atoms with E-state index in [1.807, 2.05) is 32.0 Å². The van der Waals surface area contributed by atoms with Crippen LogP contribution in [0.25, 0.3) is 22.8 Å². The van der Waals surface area contributed by atoms with Gasteiger partial charge in [0, 0.05) is 22.5 Å². The average Bonchev–Trinajstić information content (AvgIpc) is 3.23. The Morgan fingerprint density at radius 3 is 2.48 bits per heavy atom. The molecule has 8 heteroatoms. The van der Waals surface area contributed by atoms with Crippen molar-refractivity contribution in [3.05, 3.63) is 87.3 Å². The van der Waals surface area contributed by atoms with Crippen LogP contribution in [0, 0.1) is 13.8 Å². The van der Waals surface area contributed by atoms with Gasteiger partial charge in [0.05, 0.1) is 0 Å². The third-order valence-corrected chi connectivity index (χ3v) is 5.09. The minimum absolute atomic E-state index is 0.0828. The van der Waals surface area contributed by atoms with Crippen molar-refractivity contribution in [3.8, 4) is 22.8 Å². The van der Waals surface area contributed by atoms with Crippen LogP contribution in [-0.4, -0.2) is 20.6 Å². The molecule has 2 aromatic heterocycles. The molecule has 4 aromatic rings. The Morgan fingerprint density at radius 1 is 1.06 bits per heavy atom. The van der Waals surface area contributed by atoms with Gasteiger partial charge in [-0.25, -0.2) is 0 Å². The first-order valence-corrected chi connectivity index (χ1v) is 9.96. The van der Waals surface area contributed by atoms with Crippen LogP contribution >= 0.6 is 11.6 Å². The number of pyridine rings is 1. The molecule has 0 atom stereocenters. The summed E-state index contributed by atoms with van der Waals surface area (Å²) in [5, 5.41) is 7.42. The fourth-order valence-electron chi connectivity index (χ4n) is 3.22. The van der Waals surface area contributed by atoms with Gasteiger partial charge >= 0.3 is 0 Å². The molecular weight excluding hydrogens is 416 g/mol. The zero-order chi connectivity index (χ0) is 22.0. The zero-order valence-electron chi connectivity index (χ0n) is 16.9. The van der Waals surface area contributed by atoms with Crippen molar-refractivity contribution in [1.82, 2.24) is 14.7 Å². The number of amides is 1. The van der Waals surface area contributed by atoms with Crippen LogP contribution in [0.4, 0.5) is 5.69 Å². The van der Waals surface area contributed by atoms with Gasteiger partial charge in [-0.3, -0.25) is 9.59 Å². The minimum Gasteiger partial charge on any atom is -0.333 e. The van der Waals surface area contributed by atoms with E-state index in [9.17, 15) is 9.59 Å². The van der Waals surface area contributed by atoms with Crippen molar-refractivity contribution in [2.45, 2.75) is 20.4 Å². The number of nitrogens with one attached hydrogen (secondary N) is 1. The molecule has 0 saturated carbocycles. The molecule has 0 radical (unpaired) electrons. The Labute approximate surface area is 183 Å². The first-order valence-electron chi connectivity index (χ1n) is 9.58. The standard InChI is InChI=1S/C23H19ClN4O3/c1-14-5-3-6-15(2)20(14)25-19(29)13-28-12-4-7-18(23(28)30)22-26-21(27-31-22)16-8-10-17(24)11-9-16/h3-12H,13H2,1-2H3,(H,25,29). The maximum atomic E-state index is 12.9. The third-order valence-electron chi connectivity index (χ3n) is 4.84. The number of benzene rings is 2. The molecule has 0 bridgehead atoms. The van der Waals surface area contributed by atoms with Crippen LogP contribution in [0.3, 0.4) is 0 Å².